The van der Waals surface area contributed by atoms with Gasteiger partial charge in [-0.15, -0.1) is 0 Å². The number of carbonyl (C=O) groups excluding carboxylic acids is 1. The van der Waals surface area contributed by atoms with Crippen LogP contribution in [-0.4, -0.2) is 41.6 Å². The van der Waals surface area contributed by atoms with E-state index in [0.29, 0.717) is 26.2 Å². The average Bonchev–Trinajstić information content (AvgIpc) is 2.63. The molecule has 3 rings (SSSR count). The van der Waals surface area contributed by atoms with Crippen LogP contribution in [0, 0.1) is 0 Å². The molecule has 0 spiro atoms. The summed E-state index contributed by atoms with van der Waals surface area (Å²) in [4.78, 5) is 28.0. The SMILES string of the molecule is O=C(Cn1cccc(C(F)(F)F)c1=O)N1CCN(c2ccccc2)CC1. The molecule has 0 N–H and O–H groups in total. The molecule has 1 aliphatic heterocycles. The van der Waals surface area contributed by atoms with Crippen LogP contribution in [0.25, 0.3) is 0 Å². The van der Waals surface area contributed by atoms with Gasteiger partial charge in [0, 0.05) is 38.1 Å². The highest BCUT2D eigenvalue weighted by Crippen LogP contribution is 2.26. The first-order valence-corrected chi connectivity index (χ1v) is 8.20. The predicted molar refractivity (Wildman–Crippen MR) is 90.9 cm³/mol. The second kappa shape index (κ2) is 7.23. The normalized spacial score (nSPS) is 15.2. The number of hydrogen-bond donors (Lipinski definition) is 0. The number of aromatic nitrogens is 1. The summed E-state index contributed by atoms with van der Waals surface area (Å²) in [7, 11) is 0. The smallest absolute Gasteiger partial charge is 0.368 e. The highest BCUT2D eigenvalue weighted by Gasteiger charge is 2.34. The number of nitrogens with zero attached hydrogens (tertiary/aromatic N) is 3. The summed E-state index contributed by atoms with van der Waals surface area (Å²) in [5.74, 6) is -0.362. The molecule has 0 aliphatic carbocycles. The number of anilines is 1. The lowest BCUT2D eigenvalue weighted by Gasteiger charge is -2.36. The molecular formula is C18H18F3N3O2. The van der Waals surface area contributed by atoms with E-state index in [0.717, 1.165) is 22.4 Å². The van der Waals surface area contributed by atoms with Crippen molar-refractivity contribution in [1.82, 2.24) is 9.47 Å². The summed E-state index contributed by atoms with van der Waals surface area (Å²) in [6, 6.07) is 11.6. The van der Waals surface area contributed by atoms with Crippen molar-refractivity contribution in [3.8, 4) is 0 Å². The van der Waals surface area contributed by atoms with Gasteiger partial charge in [-0.2, -0.15) is 13.2 Å². The number of rotatable bonds is 3. The first-order chi connectivity index (χ1) is 12.4. The van der Waals surface area contributed by atoms with E-state index in [1.54, 1.807) is 4.90 Å². The molecule has 0 bridgehead atoms. The van der Waals surface area contributed by atoms with E-state index in [9.17, 15) is 22.8 Å². The molecule has 0 unspecified atom stereocenters. The third-order valence-electron chi connectivity index (χ3n) is 4.38. The second-order valence-corrected chi connectivity index (χ2v) is 6.06. The highest BCUT2D eigenvalue weighted by atomic mass is 19.4. The molecule has 0 saturated carbocycles. The topological polar surface area (TPSA) is 45.6 Å². The maximum absolute atomic E-state index is 12.8. The number of piperazine rings is 1. The van der Waals surface area contributed by atoms with Crippen molar-refractivity contribution in [2.24, 2.45) is 0 Å². The van der Waals surface area contributed by atoms with Crippen LogP contribution in [0.4, 0.5) is 18.9 Å². The fraction of sp³-hybridized carbons (Fsp3) is 0.333. The highest BCUT2D eigenvalue weighted by molar-refractivity contribution is 5.76. The first-order valence-electron chi connectivity index (χ1n) is 8.20. The molecule has 8 heteroatoms. The van der Waals surface area contributed by atoms with Crippen LogP contribution in [-0.2, 0) is 17.5 Å². The van der Waals surface area contributed by atoms with Gasteiger partial charge in [0.1, 0.15) is 12.1 Å². The number of halogens is 3. The molecular weight excluding hydrogens is 347 g/mol. The number of hydrogen-bond acceptors (Lipinski definition) is 3. The molecule has 1 saturated heterocycles. The van der Waals surface area contributed by atoms with Crippen LogP contribution in [0.15, 0.2) is 53.5 Å². The van der Waals surface area contributed by atoms with Crippen LogP contribution in [0.2, 0.25) is 0 Å². The van der Waals surface area contributed by atoms with Gasteiger partial charge in [-0.25, -0.2) is 0 Å². The summed E-state index contributed by atoms with van der Waals surface area (Å²) in [5.41, 5.74) is -1.40. The van der Waals surface area contributed by atoms with Gasteiger partial charge in [0.2, 0.25) is 5.91 Å². The van der Waals surface area contributed by atoms with Gasteiger partial charge in [-0.3, -0.25) is 9.59 Å². The largest absolute Gasteiger partial charge is 0.421 e. The van der Waals surface area contributed by atoms with Crippen molar-refractivity contribution in [1.29, 1.82) is 0 Å². The number of benzene rings is 1. The van der Waals surface area contributed by atoms with Gasteiger partial charge in [-0.05, 0) is 24.3 Å². The summed E-state index contributed by atoms with van der Waals surface area (Å²) < 4.78 is 39.2. The Kier molecular flexibility index (Phi) is 5.01. The monoisotopic (exact) mass is 365 g/mol. The van der Waals surface area contributed by atoms with Gasteiger partial charge in [-0.1, -0.05) is 18.2 Å². The predicted octanol–water partition coefficient (Wildman–Crippen LogP) is 2.22. The van der Waals surface area contributed by atoms with Crippen molar-refractivity contribution >= 4 is 11.6 Å². The fourth-order valence-electron chi connectivity index (χ4n) is 2.98. The van der Waals surface area contributed by atoms with Gasteiger partial charge < -0.3 is 14.4 Å². The maximum atomic E-state index is 12.8. The van der Waals surface area contributed by atoms with Crippen molar-refractivity contribution < 1.29 is 18.0 Å². The van der Waals surface area contributed by atoms with Crippen LogP contribution in [0.1, 0.15) is 5.56 Å². The van der Waals surface area contributed by atoms with E-state index in [4.69, 9.17) is 0 Å². The van der Waals surface area contributed by atoms with E-state index >= 15 is 0 Å². The molecule has 0 radical (unpaired) electrons. The molecule has 1 aliphatic rings. The quantitative estimate of drug-likeness (QED) is 0.838. The van der Waals surface area contributed by atoms with E-state index in [1.165, 1.54) is 6.20 Å². The molecule has 0 atom stereocenters. The molecule has 2 heterocycles. The van der Waals surface area contributed by atoms with Crippen molar-refractivity contribution in [2.75, 3.05) is 31.1 Å². The Morgan fingerprint density at radius 3 is 2.23 bits per heavy atom. The van der Waals surface area contributed by atoms with Gasteiger partial charge in [0.05, 0.1) is 0 Å². The van der Waals surface area contributed by atoms with E-state index < -0.39 is 23.8 Å². The van der Waals surface area contributed by atoms with Crippen molar-refractivity contribution in [2.45, 2.75) is 12.7 Å². The molecule has 5 nitrogen and oxygen atoms in total. The van der Waals surface area contributed by atoms with E-state index in [-0.39, 0.29) is 5.91 Å². The van der Waals surface area contributed by atoms with Crippen molar-refractivity contribution in [3.05, 3.63) is 64.6 Å². The van der Waals surface area contributed by atoms with Crippen LogP contribution in [0.3, 0.4) is 0 Å². The van der Waals surface area contributed by atoms with E-state index in [2.05, 4.69) is 4.90 Å². The van der Waals surface area contributed by atoms with Crippen LogP contribution < -0.4 is 10.5 Å². The Bertz CT molecular complexity index is 826. The first kappa shape index (κ1) is 18.0. The zero-order valence-corrected chi connectivity index (χ0v) is 13.9. The number of carbonyl (C=O) groups is 1. The molecule has 2 aromatic rings. The Labute approximate surface area is 148 Å². The Morgan fingerprint density at radius 2 is 1.62 bits per heavy atom. The molecule has 1 aromatic carbocycles. The second-order valence-electron chi connectivity index (χ2n) is 6.06. The minimum absolute atomic E-state index is 0.362. The Hall–Kier alpha value is -2.77. The molecule has 1 fully saturated rings. The number of amides is 1. The fourth-order valence-corrected chi connectivity index (χ4v) is 2.98. The Balaban J connectivity index is 1.64. The molecule has 26 heavy (non-hydrogen) atoms. The summed E-state index contributed by atoms with van der Waals surface area (Å²) in [5, 5.41) is 0. The molecule has 1 amide bonds. The lowest BCUT2D eigenvalue weighted by Crippen LogP contribution is -2.50. The number of alkyl halides is 3. The van der Waals surface area contributed by atoms with Crippen LogP contribution in [0.5, 0.6) is 0 Å². The minimum atomic E-state index is -4.73. The van der Waals surface area contributed by atoms with Gasteiger partial charge in [0.15, 0.2) is 0 Å². The van der Waals surface area contributed by atoms with Crippen molar-refractivity contribution in [3.63, 3.8) is 0 Å². The van der Waals surface area contributed by atoms with Gasteiger partial charge in [0.25, 0.3) is 5.56 Å². The Morgan fingerprint density at radius 1 is 0.962 bits per heavy atom. The lowest BCUT2D eigenvalue weighted by atomic mass is 10.2. The zero-order valence-electron chi connectivity index (χ0n) is 13.9. The average molecular weight is 365 g/mol. The standard InChI is InChI=1S/C18H18F3N3O2/c19-18(20,21)15-7-4-8-24(17(15)26)13-16(25)23-11-9-22(10-12-23)14-5-2-1-3-6-14/h1-8H,9-13H2. The van der Waals surface area contributed by atoms with E-state index in [1.807, 2.05) is 30.3 Å². The lowest BCUT2D eigenvalue weighted by molar-refractivity contribution is -0.139. The van der Waals surface area contributed by atoms with Crippen LogP contribution >= 0.6 is 0 Å². The summed E-state index contributed by atoms with van der Waals surface area (Å²) in [6.45, 7) is 1.79. The third kappa shape index (κ3) is 3.89. The summed E-state index contributed by atoms with van der Waals surface area (Å²) in [6.07, 6.45) is -3.53. The third-order valence-corrected chi connectivity index (χ3v) is 4.38. The maximum Gasteiger partial charge on any atom is 0.421 e. The minimum Gasteiger partial charge on any atom is -0.368 e. The number of para-hydroxylation sites is 1. The van der Waals surface area contributed by atoms with Gasteiger partial charge >= 0.3 is 6.18 Å². The number of pyridine rings is 1. The zero-order chi connectivity index (χ0) is 18.7. The summed E-state index contributed by atoms with van der Waals surface area (Å²) >= 11 is 0. The molecule has 138 valence electrons. The molecule has 1 aromatic heterocycles.